The van der Waals surface area contributed by atoms with E-state index in [2.05, 4.69) is 9.44 Å². The summed E-state index contributed by atoms with van der Waals surface area (Å²) in [5.74, 6) is 0.524. The van der Waals surface area contributed by atoms with Crippen LogP contribution in [-0.2, 0) is 25.8 Å². The van der Waals surface area contributed by atoms with Crippen molar-refractivity contribution in [1.29, 1.82) is 0 Å². The van der Waals surface area contributed by atoms with Gasteiger partial charge in [-0.25, -0.2) is 16.8 Å². The third-order valence-corrected chi connectivity index (χ3v) is 7.25. The summed E-state index contributed by atoms with van der Waals surface area (Å²) in [6, 6.07) is 16.5. The molecule has 0 heterocycles. The van der Waals surface area contributed by atoms with Crippen LogP contribution in [0.2, 0.25) is 5.02 Å². The summed E-state index contributed by atoms with van der Waals surface area (Å²) in [6.07, 6.45) is 0. The van der Waals surface area contributed by atoms with Crippen LogP contribution in [-0.4, -0.2) is 31.1 Å². The predicted molar refractivity (Wildman–Crippen MR) is 124 cm³/mol. The van der Waals surface area contributed by atoms with Gasteiger partial charge in [0, 0.05) is 16.8 Å². The van der Waals surface area contributed by atoms with Gasteiger partial charge < -0.3 is 9.47 Å². The number of ether oxygens (including phenoxy) is 2. The number of sulfonamides is 2. The highest BCUT2D eigenvalue weighted by Crippen LogP contribution is 2.31. The minimum Gasteiger partial charge on any atom is -0.497 e. The summed E-state index contributed by atoms with van der Waals surface area (Å²) >= 11 is 5.81. The van der Waals surface area contributed by atoms with Crippen molar-refractivity contribution >= 4 is 43.0 Å². The molecule has 0 aliphatic rings. The van der Waals surface area contributed by atoms with Gasteiger partial charge >= 0.3 is 0 Å². The smallest absolute Gasteiger partial charge is 0.262 e. The topological polar surface area (TPSA) is 111 Å². The van der Waals surface area contributed by atoms with Crippen molar-refractivity contribution < 1.29 is 26.3 Å². The second kappa shape index (κ2) is 9.68. The van der Waals surface area contributed by atoms with Crippen LogP contribution in [0, 0.1) is 0 Å². The summed E-state index contributed by atoms with van der Waals surface area (Å²) in [5, 5.41) is 0.510. The van der Waals surface area contributed by atoms with E-state index in [4.69, 9.17) is 21.1 Å². The monoisotopic (exact) mass is 496 g/mol. The third kappa shape index (κ3) is 6.06. The van der Waals surface area contributed by atoms with Crippen LogP contribution in [0.15, 0.2) is 71.6 Å². The molecule has 0 aliphatic heterocycles. The molecule has 0 fully saturated rings. The van der Waals surface area contributed by atoms with Crippen LogP contribution in [0.1, 0.15) is 5.56 Å². The molecule has 170 valence electrons. The lowest BCUT2D eigenvalue weighted by atomic mass is 10.2. The molecule has 0 atom stereocenters. The van der Waals surface area contributed by atoms with E-state index in [0.717, 1.165) is 0 Å². The summed E-state index contributed by atoms with van der Waals surface area (Å²) in [7, 11) is -4.78. The summed E-state index contributed by atoms with van der Waals surface area (Å²) in [6.45, 7) is 0. The molecule has 2 N–H and O–H groups in total. The second-order valence-electron chi connectivity index (χ2n) is 6.68. The van der Waals surface area contributed by atoms with E-state index in [-0.39, 0.29) is 22.0 Å². The molecule has 3 aromatic carbocycles. The van der Waals surface area contributed by atoms with Gasteiger partial charge in [-0.2, -0.15) is 0 Å². The van der Waals surface area contributed by atoms with E-state index < -0.39 is 20.0 Å². The van der Waals surface area contributed by atoms with Crippen LogP contribution in [0.5, 0.6) is 11.5 Å². The molecule has 0 aliphatic carbocycles. The molecule has 32 heavy (non-hydrogen) atoms. The molecular weight excluding hydrogens is 476 g/mol. The standard InChI is InChI=1S/C21H21ClN2O6S2/c1-29-18-9-12-21(30-2)20(13-18)24-32(27,28)19-10-7-17(8-11-19)23-31(25,26)14-15-3-5-16(22)6-4-15/h3-13,23-24H,14H2,1-2H3. The highest BCUT2D eigenvalue weighted by molar-refractivity contribution is 7.92. The molecule has 3 rings (SSSR count). The number of hydrogen-bond acceptors (Lipinski definition) is 6. The minimum absolute atomic E-state index is 0.0528. The first-order valence-corrected chi connectivity index (χ1v) is 12.7. The van der Waals surface area contributed by atoms with E-state index in [0.29, 0.717) is 22.1 Å². The zero-order valence-electron chi connectivity index (χ0n) is 17.2. The number of hydrogen-bond donors (Lipinski definition) is 2. The maximum atomic E-state index is 12.8. The maximum absolute atomic E-state index is 12.8. The van der Waals surface area contributed by atoms with Gasteiger partial charge in [0.15, 0.2) is 0 Å². The van der Waals surface area contributed by atoms with E-state index in [1.165, 1.54) is 44.6 Å². The van der Waals surface area contributed by atoms with Crippen LogP contribution in [0.3, 0.4) is 0 Å². The van der Waals surface area contributed by atoms with Crippen molar-refractivity contribution in [3.8, 4) is 11.5 Å². The Morgan fingerprint density at radius 2 is 1.47 bits per heavy atom. The Labute approximate surface area is 192 Å². The largest absolute Gasteiger partial charge is 0.497 e. The average molecular weight is 497 g/mol. The Kier molecular flexibility index (Phi) is 7.17. The predicted octanol–water partition coefficient (Wildman–Crippen LogP) is 4.10. The third-order valence-electron chi connectivity index (χ3n) is 4.36. The number of nitrogens with one attached hydrogen (secondary N) is 2. The van der Waals surface area contributed by atoms with Crippen LogP contribution >= 0.6 is 11.6 Å². The van der Waals surface area contributed by atoms with Crippen molar-refractivity contribution in [3.05, 3.63) is 77.3 Å². The summed E-state index contributed by atoms with van der Waals surface area (Å²) in [5.41, 5.74) is 1.01. The van der Waals surface area contributed by atoms with Crippen molar-refractivity contribution in [3.63, 3.8) is 0 Å². The normalized spacial score (nSPS) is 11.6. The number of halogens is 1. The molecule has 11 heteroatoms. The molecule has 0 bridgehead atoms. The van der Waals surface area contributed by atoms with Gasteiger partial charge in [0.2, 0.25) is 10.0 Å². The molecule has 8 nitrogen and oxygen atoms in total. The molecule has 0 aromatic heterocycles. The Morgan fingerprint density at radius 1 is 0.812 bits per heavy atom. The molecule has 0 spiro atoms. The van der Waals surface area contributed by atoms with Crippen molar-refractivity contribution in [2.24, 2.45) is 0 Å². The van der Waals surface area contributed by atoms with Crippen LogP contribution in [0.4, 0.5) is 11.4 Å². The summed E-state index contributed by atoms with van der Waals surface area (Å²) in [4.78, 5) is -0.0528. The first-order valence-electron chi connectivity index (χ1n) is 9.22. The first kappa shape index (κ1) is 23.7. The number of anilines is 2. The fourth-order valence-corrected chi connectivity index (χ4v) is 5.20. The lowest BCUT2D eigenvalue weighted by molar-refractivity contribution is 0.405. The minimum atomic E-state index is -3.96. The van der Waals surface area contributed by atoms with Gasteiger partial charge in [-0.3, -0.25) is 9.44 Å². The Morgan fingerprint density at radius 3 is 2.06 bits per heavy atom. The lowest BCUT2D eigenvalue weighted by Gasteiger charge is -2.14. The number of benzene rings is 3. The van der Waals surface area contributed by atoms with Crippen molar-refractivity contribution in [1.82, 2.24) is 0 Å². The molecular formula is C21H21ClN2O6S2. The average Bonchev–Trinajstić information content (AvgIpc) is 2.75. The quantitative estimate of drug-likeness (QED) is 0.461. The number of methoxy groups -OCH3 is 2. The summed E-state index contributed by atoms with van der Waals surface area (Å²) < 4.78 is 65.6. The zero-order valence-corrected chi connectivity index (χ0v) is 19.6. The first-order chi connectivity index (χ1) is 15.1. The van der Waals surface area contributed by atoms with Gasteiger partial charge in [0.05, 0.1) is 30.6 Å². The molecule has 0 radical (unpaired) electrons. The molecule has 0 unspecified atom stereocenters. The second-order valence-corrected chi connectivity index (χ2v) is 10.5. The molecule has 0 saturated carbocycles. The van der Waals surface area contributed by atoms with Gasteiger partial charge in [-0.1, -0.05) is 23.7 Å². The Balaban J connectivity index is 1.75. The highest BCUT2D eigenvalue weighted by atomic mass is 35.5. The van der Waals surface area contributed by atoms with E-state index in [1.807, 2.05) is 0 Å². The van der Waals surface area contributed by atoms with Crippen LogP contribution < -0.4 is 18.9 Å². The molecule has 0 amide bonds. The van der Waals surface area contributed by atoms with Crippen molar-refractivity contribution in [2.45, 2.75) is 10.6 Å². The van der Waals surface area contributed by atoms with Gasteiger partial charge in [-0.05, 0) is 54.1 Å². The van der Waals surface area contributed by atoms with Crippen LogP contribution in [0.25, 0.3) is 0 Å². The SMILES string of the molecule is COc1ccc(OC)c(NS(=O)(=O)c2ccc(NS(=O)(=O)Cc3ccc(Cl)cc3)cc2)c1. The van der Waals surface area contributed by atoms with E-state index in [1.54, 1.807) is 36.4 Å². The molecule has 0 saturated heterocycles. The van der Waals surface area contributed by atoms with E-state index in [9.17, 15) is 16.8 Å². The van der Waals surface area contributed by atoms with E-state index >= 15 is 0 Å². The van der Waals surface area contributed by atoms with Crippen molar-refractivity contribution in [2.75, 3.05) is 23.7 Å². The Hall–Kier alpha value is -2.95. The van der Waals surface area contributed by atoms with Gasteiger partial charge in [0.1, 0.15) is 11.5 Å². The van der Waals surface area contributed by atoms with Gasteiger partial charge in [-0.15, -0.1) is 0 Å². The fourth-order valence-electron chi connectivity index (χ4n) is 2.82. The molecule has 3 aromatic rings. The highest BCUT2D eigenvalue weighted by Gasteiger charge is 2.18. The lowest BCUT2D eigenvalue weighted by Crippen LogP contribution is -2.16. The maximum Gasteiger partial charge on any atom is 0.262 e. The van der Waals surface area contributed by atoms with Gasteiger partial charge in [0.25, 0.3) is 10.0 Å². The Bertz CT molecular complexity index is 1290. The fraction of sp³-hybridized carbons (Fsp3) is 0.143. The number of rotatable bonds is 9. The zero-order chi connectivity index (χ0) is 23.4.